The lowest BCUT2D eigenvalue weighted by molar-refractivity contribution is -0.120. The fraction of sp³-hybridized carbons (Fsp3) is 0.0667. The molecule has 0 fully saturated rings. The van der Waals surface area contributed by atoms with Gasteiger partial charge in [0.25, 0.3) is 11.8 Å². The monoisotopic (exact) mass is 503 g/mol. The first-order valence-electron chi connectivity index (χ1n) is 11.8. The molecule has 3 amide bonds. The van der Waals surface area contributed by atoms with Crippen molar-refractivity contribution in [2.24, 2.45) is 0 Å². The van der Waals surface area contributed by atoms with E-state index in [0.717, 1.165) is 20.7 Å². The van der Waals surface area contributed by atoms with Gasteiger partial charge in [0.1, 0.15) is 6.04 Å². The number of nitrogens with zero attached hydrogens (tertiary/aromatic N) is 2. The Labute approximate surface area is 217 Å². The number of aromatic nitrogens is 1. The van der Waals surface area contributed by atoms with Gasteiger partial charge in [-0.1, -0.05) is 66.7 Å². The van der Waals surface area contributed by atoms with Crippen LogP contribution >= 0.6 is 11.3 Å². The number of amides is 3. The number of fused-ring (bicyclic) bond motifs is 2. The Bertz CT molecular complexity index is 1590. The number of carbonyl (C=O) groups is 3. The molecule has 6 nitrogen and oxygen atoms in total. The third-order valence-corrected chi connectivity index (χ3v) is 7.54. The minimum atomic E-state index is -1.13. The molecule has 3 aromatic carbocycles. The topological polar surface area (TPSA) is 79.4 Å². The molecule has 0 aliphatic carbocycles. The second-order valence-electron chi connectivity index (χ2n) is 8.74. The quantitative estimate of drug-likeness (QED) is 0.300. The summed E-state index contributed by atoms with van der Waals surface area (Å²) in [5, 5.41) is 5.80. The van der Waals surface area contributed by atoms with Gasteiger partial charge >= 0.3 is 0 Å². The largest absolute Gasteiger partial charge is 0.322 e. The SMILES string of the molecule is O=C(Nc1cccc2cccnc12)[C@H]([C@H](c1ccccc1)c1cccs1)N1C(=O)c2ccccc2C1=O. The number of anilines is 1. The molecule has 37 heavy (non-hydrogen) atoms. The van der Waals surface area contributed by atoms with Crippen molar-refractivity contribution in [2.75, 3.05) is 5.32 Å². The second-order valence-corrected chi connectivity index (χ2v) is 9.72. The van der Waals surface area contributed by atoms with Gasteiger partial charge in [0.2, 0.25) is 5.91 Å². The van der Waals surface area contributed by atoms with E-state index in [4.69, 9.17) is 0 Å². The van der Waals surface area contributed by atoms with Crippen LogP contribution in [0.1, 0.15) is 37.1 Å². The minimum Gasteiger partial charge on any atom is -0.322 e. The van der Waals surface area contributed by atoms with Crippen molar-refractivity contribution in [1.82, 2.24) is 9.88 Å². The van der Waals surface area contributed by atoms with Crippen molar-refractivity contribution in [3.05, 3.63) is 130 Å². The highest BCUT2D eigenvalue weighted by Gasteiger charge is 2.47. The molecule has 5 aromatic rings. The van der Waals surface area contributed by atoms with E-state index < -0.39 is 29.7 Å². The number of benzene rings is 3. The van der Waals surface area contributed by atoms with Gasteiger partial charge in [-0.3, -0.25) is 24.3 Å². The molecule has 6 rings (SSSR count). The summed E-state index contributed by atoms with van der Waals surface area (Å²) in [6.45, 7) is 0. The molecular formula is C30H21N3O3S. The van der Waals surface area contributed by atoms with Gasteiger partial charge in [0.05, 0.1) is 22.3 Å². The minimum absolute atomic E-state index is 0.301. The number of rotatable bonds is 6. The molecule has 0 saturated heterocycles. The van der Waals surface area contributed by atoms with E-state index in [2.05, 4.69) is 10.3 Å². The van der Waals surface area contributed by atoms with E-state index >= 15 is 0 Å². The van der Waals surface area contributed by atoms with Crippen LogP contribution in [0.5, 0.6) is 0 Å². The Morgan fingerprint density at radius 1 is 0.784 bits per heavy atom. The van der Waals surface area contributed by atoms with Gasteiger partial charge in [0.15, 0.2) is 0 Å². The summed E-state index contributed by atoms with van der Waals surface area (Å²) in [6, 6.07) is 28.2. The molecular weight excluding hydrogens is 482 g/mol. The predicted octanol–water partition coefficient (Wildman–Crippen LogP) is 5.73. The van der Waals surface area contributed by atoms with Gasteiger partial charge in [-0.05, 0) is 41.3 Å². The smallest absolute Gasteiger partial charge is 0.262 e. The van der Waals surface area contributed by atoms with Gasteiger partial charge in [0, 0.05) is 22.4 Å². The maximum absolute atomic E-state index is 14.2. The van der Waals surface area contributed by atoms with Crippen molar-refractivity contribution in [2.45, 2.75) is 12.0 Å². The lowest BCUT2D eigenvalue weighted by Crippen LogP contribution is -2.50. The summed E-state index contributed by atoms with van der Waals surface area (Å²) < 4.78 is 0. The zero-order chi connectivity index (χ0) is 25.4. The van der Waals surface area contributed by atoms with Crippen LogP contribution in [0.2, 0.25) is 0 Å². The molecule has 0 radical (unpaired) electrons. The molecule has 0 unspecified atom stereocenters. The Balaban J connectivity index is 1.50. The highest BCUT2D eigenvalue weighted by atomic mass is 32.1. The Kier molecular flexibility index (Phi) is 5.82. The number of pyridine rings is 1. The lowest BCUT2D eigenvalue weighted by Gasteiger charge is -2.32. The van der Waals surface area contributed by atoms with E-state index in [9.17, 15) is 14.4 Å². The zero-order valence-corrected chi connectivity index (χ0v) is 20.4. The number of nitrogens with one attached hydrogen (secondary N) is 1. The van der Waals surface area contributed by atoms with Crippen molar-refractivity contribution in [3.8, 4) is 0 Å². The molecule has 2 aromatic heterocycles. The van der Waals surface area contributed by atoms with Gasteiger partial charge in [-0.15, -0.1) is 11.3 Å². The summed E-state index contributed by atoms with van der Waals surface area (Å²) in [6.07, 6.45) is 1.66. The number of carbonyl (C=O) groups excluding carboxylic acids is 3. The number of hydrogen-bond donors (Lipinski definition) is 1. The number of thiophene rings is 1. The fourth-order valence-electron chi connectivity index (χ4n) is 4.92. The summed E-state index contributed by atoms with van der Waals surface area (Å²) in [5.41, 5.74) is 2.58. The normalized spacial score (nSPS) is 14.4. The van der Waals surface area contributed by atoms with Crippen molar-refractivity contribution < 1.29 is 14.4 Å². The maximum Gasteiger partial charge on any atom is 0.262 e. The van der Waals surface area contributed by atoms with Crippen LogP contribution in [0.4, 0.5) is 5.69 Å². The van der Waals surface area contributed by atoms with Crippen LogP contribution in [0.15, 0.2) is 109 Å². The molecule has 0 bridgehead atoms. The van der Waals surface area contributed by atoms with Crippen LogP contribution in [-0.2, 0) is 4.79 Å². The van der Waals surface area contributed by atoms with Crippen LogP contribution < -0.4 is 5.32 Å². The number of hydrogen-bond acceptors (Lipinski definition) is 5. The first-order chi connectivity index (χ1) is 18.1. The van der Waals surface area contributed by atoms with E-state index in [1.165, 1.54) is 11.3 Å². The first-order valence-corrected chi connectivity index (χ1v) is 12.7. The zero-order valence-electron chi connectivity index (χ0n) is 19.6. The van der Waals surface area contributed by atoms with Crippen molar-refractivity contribution in [3.63, 3.8) is 0 Å². The molecule has 0 saturated carbocycles. The van der Waals surface area contributed by atoms with Crippen molar-refractivity contribution in [1.29, 1.82) is 0 Å². The van der Waals surface area contributed by atoms with Crippen LogP contribution in [0, 0.1) is 0 Å². The molecule has 1 aliphatic rings. The molecule has 180 valence electrons. The van der Waals surface area contributed by atoms with E-state index in [1.54, 1.807) is 36.5 Å². The third kappa shape index (κ3) is 3.99. The maximum atomic E-state index is 14.2. The Morgan fingerprint density at radius 2 is 1.49 bits per heavy atom. The van der Waals surface area contributed by atoms with Crippen molar-refractivity contribution >= 4 is 45.6 Å². The highest BCUT2D eigenvalue weighted by molar-refractivity contribution is 7.10. The predicted molar refractivity (Wildman–Crippen MR) is 144 cm³/mol. The van der Waals surface area contributed by atoms with Crippen LogP contribution in [0.25, 0.3) is 10.9 Å². The van der Waals surface area contributed by atoms with E-state index in [0.29, 0.717) is 22.3 Å². The molecule has 2 atom stereocenters. The van der Waals surface area contributed by atoms with Crippen LogP contribution in [-0.4, -0.2) is 33.6 Å². The summed E-state index contributed by atoms with van der Waals surface area (Å²) >= 11 is 1.48. The Morgan fingerprint density at radius 3 is 2.19 bits per heavy atom. The average Bonchev–Trinajstić information content (AvgIpc) is 3.55. The lowest BCUT2D eigenvalue weighted by atomic mass is 9.88. The molecule has 3 heterocycles. The molecule has 1 aliphatic heterocycles. The van der Waals surface area contributed by atoms with Gasteiger partial charge < -0.3 is 5.32 Å². The standard InChI is InChI=1S/C30H21N3O3S/c34-28(32-23-15-6-11-20-12-7-17-31-26(20)23)27(33-29(35)21-13-4-5-14-22(21)30(33)36)25(24-16-8-18-37-24)19-9-2-1-3-10-19/h1-18,25,27H,(H,32,34)/t25-,27+/m1/s1. The van der Waals surface area contributed by atoms with E-state index in [1.807, 2.05) is 72.1 Å². The van der Waals surface area contributed by atoms with Gasteiger partial charge in [-0.2, -0.15) is 0 Å². The van der Waals surface area contributed by atoms with E-state index in [-0.39, 0.29) is 0 Å². The summed E-state index contributed by atoms with van der Waals surface area (Å²) in [5.74, 6) is -1.98. The summed E-state index contributed by atoms with van der Waals surface area (Å²) in [7, 11) is 0. The Hall–Kier alpha value is -4.62. The third-order valence-electron chi connectivity index (χ3n) is 6.59. The van der Waals surface area contributed by atoms with Crippen LogP contribution in [0.3, 0.4) is 0 Å². The van der Waals surface area contributed by atoms with Gasteiger partial charge in [-0.25, -0.2) is 0 Å². The first kappa shape index (κ1) is 22.8. The number of para-hydroxylation sites is 1. The fourth-order valence-corrected chi connectivity index (χ4v) is 5.80. The number of imide groups is 1. The average molecular weight is 504 g/mol. The highest BCUT2D eigenvalue weighted by Crippen LogP contribution is 2.38. The summed E-state index contributed by atoms with van der Waals surface area (Å²) in [4.78, 5) is 47.9. The second kappa shape index (κ2) is 9.44. The molecule has 1 N–H and O–H groups in total. The molecule has 7 heteroatoms. The molecule has 0 spiro atoms.